The highest BCUT2D eigenvalue weighted by atomic mass is 16.3. The van der Waals surface area contributed by atoms with E-state index in [0.29, 0.717) is 17.3 Å². The highest BCUT2D eigenvalue weighted by Gasteiger charge is 2.20. The van der Waals surface area contributed by atoms with Crippen LogP contribution in [0.3, 0.4) is 0 Å². The van der Waals surface area contributed by atoms with E-state index in [-0.39, 0.29) is 12.5 Å². The standard InChI is InChI=1S/C22H21N5O2/c28-13-14-5-10-20-24-19(12-27(20)11-14)15-6-8-16(9-7-15)23-22(29)21-17-3-1-2-4-18(17)25-26-21/h1-4,6-9,12,14,28H,5,10-11,13H2,(H,23,29)(H,25,26). The van der Waals surface area contributed by atoms with Gasteiger partial charge >= 0.3 is 0 Å². The van der Waals surface area contributed by atoms with Crippen LogP contribution in [0.2, 0.25) is 0 Å². The summed E-state index contributed by atoms with van der Waals surface area (Å²) in [5, 5.41) is 20.1. The van der Waals surface area contributed by atoms with Crippen molar-refractivity contribution in [2.24, 2.45) is 5.92 Å². The first-order valence-electron chi connectivity index (χ1n) is 9.73. The van der Waals surface area contributed by atoms with E-state index in [1.807, 2.05) is 54.7 Å². The molecule has 5 rings (SSSR count). The van der Waals surface area contributed by atoms with E-state index in [9.17, 15) is 9.90 Å². The van der Waals surface area contributed by atoms with E-state index in [0.717, 1.165) is 47.4 Å². The van der Waals surface area contributed by atoms with Crippen molar-refractivity contribution in [3.63, 3.8) is 0 Å². The SMILES string of the molecule is O=C(Nc1ccc(-c2cn3c(n2)CCC(CO)C3)cc1)c1n[nH]c2ccccc12. The van der Waals surface area contributed by atoms with Crippen LogP contribution in [0, 0.1) is 5.92 Å². The number of amides is 1. The molecule has 7 nitrogen and oxygen atoms in total. The highest BCUT2D eigenvalue weighted by molar-refractivity contribution is 6.11. The Morgan fingerprint density at radius 2 is 2.03 bits per heavy atom. The number of aliphatic hydroxyl groups excluding tert-OH is 1. The van der Waals surface area contributed by atoms with Crippen LogP contribution >= 0.6 is 0 Å². The molecule has 2 aromatic heterocycles. The fourth-order valence-electron chi connectivity index (χ4n) is 3.85. The lowest BCUT2D eigenvalue weighted by Gasteiger charge is -2.21. The summed E-state index contributed by atoms with van der Waals surface area (Å²) in [4.78, 5) is 17.3. The molecule has 29 heavy (non-hydrogen) atoms. The van der Waals surface area contributed by atoms with E-state index in [1.54, 1.807) is 0 Å². The first-order chi connectivity index (χ1) is 14.2. The van der Waals surface area contributed by atoms with Crippen LogP contribution < -0.4 is 5.32 Å². The molecular formula is C22H21N5O2. The number of aromatic nitrogens is 4. The molecule has 0 bridgehead atoms. The molecule has 0 spiro atoms. The smallest absolute Gasteiger partial charge is 0.276 e. The number of carbonyl (C=O) groups excluding carboxylic acids is 1. The molecule has 3 heterocycles. The van der Waals surface area contributed by atoms with Crippen LogP contribution in [0.1, 0.15) is 22.7 Å². The molecule has 7 heteroatoms. The number of H-pyrrole nitrogens is 1. The molecular weight excluding hydrogens is 366 g/mol. The zero-order valence-corrected chi connectivity index (χ0v) is 15.8. The lowest BCUT2D eigenvalue weighted by atomic mass is 10.0. The molecule has 0 fully saturated rings. The fourth-order valence-corrected chi connectivity index (χ4v) is 3.85. The molecule has 1 amide bonds. The van der Waals surface area contributed by atoms with Gasteiger partial charge in [0.2, 0.25) is 0 Å². The summed E-state index contributed by atoms with van der Waals surface area (Å²) in [6.07, 6.45) is 3.90. The number of benzene rings is 2. The van der Waals surface area contributed by atoms with Gasteiger partial charge in [0.25, 0.3) is 5.91 Å². The Hall–Kier alpha value is -3.45. The van der Waals surface area contributed by atoms with Gasteiger partial charge in [0, 0.05) is 48.3 Å². The lowest BCUT2D eigenvalue weighted by molar-refractivity contribution is 0.102. The minimum absolute atomic E-state index is 0.215. The normalized spacial score (nSPS) is 16.0. The third-order valence-corrected chi connectivity index (χ3v) is 5.47. The van der Waals surface area contributed by atoms with Crippen LogP contribution in [-0.2, 0) is 13.0 Å². The molecule has 1 unspecified atom stereocenters. The number of hydrogen-bond acceptors (Lipinski definition) is 4. The number of aryl methyl sites for hydroxylation is 1. The Bertz CT molecular complexity index is 1180. The molecule has 0 radical (unpaired) electrons. The molecule has 4 aromatic rings. The van der Waals surface area contributed by atoms with Crippen LogP contribution in [-0.4, -0.2) is 37.4 Å². The van der Waals surface area contributed by atoms with Crippen LogP contribution in [0.4, 0.5) is 5.69 Å². The number of aromatic amines is 1. The number of imidazole rings is 1. The Balaban J connectivity index is 1.33. The number of carbonyl (C=O) groups is 1. The van der Waals surface area contributed by atoms with Gasteiger partial charge in [-0.05, 0) is 24.6 Å². The fraction of sp³-hybridized carbons (Fsp3) is 0.227. The van der Waals surface area contributed by atoms with Crippen molar-refractivity contribution in [3.05, 3.63) is 66.2 Å². The maximum Gasteiger partial charge on any atom is 0.276 e. The summed E-state index contributed by atoms with van der Waals surface area (Å²) >= 11 is 0. The summed E-state index contributed by atoms with van der Waals surface area (Å²) in [6, 6.07) is 15.2. The Kier molecular flexibility index (Phi) is 4.37. The van der Waals surface area contributed by atoms with Crippen molar-refractivity contribution < 1.29 is 9.90 Å². The molecule has 146 valence electrons. The number of nitrogens with one attached hydrogen (secondary N) is 2. The minimum Gasteiger partial charge on any atom is -0.396 e. The molecule has 1 aliphatic rings. The topological polar surface area (TPSA) is 95.8 Å². The maximum atomic E-state index is 12.6. The van der Waals surface area contributed by atoms with Crippen molar-refractivity contribution in [1.29, 1.82) is 0 Å². The van der Waals surface area contributed by atoms with Gasteiger partial charge < -0.3 is 15.0 Å². The first kappa shape index (κ1) is 17.6. The summed E-state index contributed by atoms with van der Waals surface area (Å²) in [5.41, 5.74) is 3.82. The number of para-hydroxylation sites is 1. The van der Waals surface area contributed by atoms with Crippen molar-refractivity contribution in [2.75, 3.05) is 11.9 Å². The molecule has 0 aliphatic carbocycles. The summed E-state index contributed by atoms with van der Waals surface area (Å²) in [6.45, 7) is 1.03. The Morgan fingerprint density at radius 3 is 2.86 bits per heavy atom. The minimum atomic E-state index is -0.247. The van der Waals surface area contributed by atoms with Gasteiger partial charge in [-0.15, -0.1) is 0 Å². The monoisotopic (exact) mass is 387 g/mol. The quantitative estimate of drug-likeness (QED) is 0.501. The predicted octanol–water partition coefficient (Wildman–Crippen LogP) is 3.23. The second-order valence-corrected chi connectivity index (χ2v) is 7.43. The molecule has 0 saturated heterocycles. The van der Waals surface area contributed by atoms with Crippen molar-refractivity contribution >= 4 is 22.5 Å². The van der Waals surface area contributed by atoms with E-state index >= 15 is 0 Å². The largest absolute Gasteiger partial charge is 0.396 e. The Labute approximate surface area is 167 Å². The van der Waals surface area contributed by atoms with Crippen molar-refractivity contribution in [1.82, 2.24) is 19.7 Å². The highest BCUT2D eigenvalue weighted by Crippen LogP contribution is 2.26. The van der Waals surface area contributed by atoms with Gasteiger partial charge in [0.15, 0.2) is 5.69 Å². The number of aliphatic hydroxyl groups is 1. The number of nitrogens with zero attached hydrogens (tertiary/aromatic N) is 3. The number of hydrogen-bond donors (Lipinski definition) is 3. The van der Waals surface area contributed by atoms with E-state index in [2.05, 4.69) is 20.1 Å². The third-order valence-electron chi connectivity index (χ3n) is 5.47. The van der Waals surface area contributed by atoms with Gasteiger partial charge in [0.1, 0.15) is 5.82 Å². The van der Waals surface area contributed by atoms with Gasteiger partial charge in [0.05, 0.1) is 11.2 Å². The van der Waals surface area contributed by atoms with Crippen LogP contribution in [0.5, 0.6) is 0 Å². The third kappa shape index (κ3) is 3.30. The van der Waals surface area contributed by atoms with Gasteiger partial charge in [-0.25, -0.2) is 4.98 Å². The maximum absolute atomic E-state index is 12.6. The van der Waals surface area contributed by atoms with Gasteiger partial charge in [-0.1, -0.05) is 30.3 Å². The molecule has 3 N–H and O–H groups in total. The predicted molar refractivity (Wildman–Crippen MR) is 111 cm³/mol. The van der Waals surface area contributed by atoms with E-state index in [4.69, 9.17) is 4.98 Å². The molecule has 2 aromatic carbocycles. The second kappa shape index (κ2) is 7.18. The van der Waals surface area contributed by atoms with E-state index < -0.39 is 0 Å². The molecule has 0 saturated carbocycles. The average molecular weight is 387 g/mol. The second-order valence-electron chi connectivity index (χ2n) is 7.43. The van der Waals surface area contributed by atoms with Crippen LogP contribution in [0.25, 0.3) is 22.2 Å². The summed E-state index contributed by atoms with van der Waals surface area (Å²) in [5.74, 6) is 1.12. The number of fused-ring (bicyclic) bond motifs is 2. The summed E-state index contributed by atoms with van der Waals surface area (Å²) < 4.78 is 2.14. The molecule has 1 aliphatic heterocycles. The van der Waals surface area contributed by atoms with Gasteiger partial charge in [-0.3, -0.25) is 9.89 Å². The van der Waals surface area contributed by atoms with Crippen LogP contribution in [0.15, 0.2) is 54.7 Å². The average Bonchev–Trinajstić information content (AvgIpc) is 3.38. The zero-order chi connectivity index (χ0) is 19.8. The summed E-state index contributed by atoms with van der Waals surface area (Å²) in [7, 11) is 0. The van der Waals surface area contributed by atoms with Crippen molar-refractivity contribution in [3.8, 4) is 11.3 Å². The number of anilines is 1. The van der Waals surface area contributed by atoms with Crippen molar-refractivity contribution in [2.45, 2.75) is 19.4 Å². The lowest BCUT2D eigenvalue weighted by Crippen LogP contribution is -2.22. The molecule has 1 atom stereocenters. The van der Waals surface area contributed by atoms with E-state index in [1.165, 1.54) is 0 Å². The number of rotatable bonds is 4. The van der Waals surface area contributed by atoms with Gasteiger partial charge in [-0.2, -0.15) is 5.10 Å². The first-order valence-corrected chi connectivity index (χ1v) is 9.73. The Morgan fingerprint density at radius 1 is 1.21 bits per heavy atom. The zero-order valence-electron chi connectivity index (χ0n) is 15.8.